The van der Waals surface area contributed by atoms with E-state index >= 15 is 0 Å². The van der Waals surface area contributed by atoms with E-state index in [4.69, 9.17) is 4.98 Å². The molecular weight excluding hydrogens is 324 g/mol. The number of hydrogen-bond donors (Lipinski definition) is 1. The highest BCUT2D eigenvalue weighted by atomic mass is 32.1. The Balaban J connectivity index is 1.73. The molecule has 1 heterocycles. The van der Waals surface area contributed by atoms with Crippen LogP contribution < -0.4 is 5.32 Å². The molecule has 124 valence electrons. The number of fused-ring (bicyclic) bond motifs is 1. The van der Waals surface area contributed by atoms with Gasteiger partial charge in [0.2, 0.25) is 0 Å². The average molecular weight is 344 g/mol. The van der Waals surface area contributed by atoms with Crippen LogP contribution >= 0.6 is 11.3 Å². The zero-order valence-corrected chi connectivity index (χ0v) is 15.4. The van der Waals surface area contributed by atoms with Crippen LogP contribution in [0.25, 0.3) is 22.0 Å². The molecule has 4 aromatic rings. The second kappa shape index (κ2) is 6.34. The standard InChI is InChI=1S/C22H20N2S/c1-14-11-12-18(15(2)13-14)21-16(3)25-22(24-21)23-20-10-6-8-17-7-4-5-9-19(17)20/h4-13H,1-3H3,(H,23,24). The molecule has 0 fully saturated rings. The minimum Gasteiger partial charge on any atom is -0.331 e. The lowest BCUT2D eigenvalue weighted by Crippen LogP contribution is -1.91. The molecule has 0 aliphatic carbocycles. The third-order valence-corrected chi connectivity index (χ3v) is 5.35. The maximum atomic E-state index is 4.88. The second-order valence-corrected chi connectivity index (χ2v) is 7.60. The van der Waals surface area contributed by atoms with Crippen molar-refractivity contribution in [3.63, 3.8) is 0 Å². The van der Waals surface area contributed by atoms with Crippen molar-refractivity contribution in [1.29, 1.82) is 0 Å². The molecule has 0 aliphatic rings. The predicted molar refractivity (Wildman–Crippen MR) is 109 cm³/mol. The second-order valence-electron chi connectivity index (χ2n) is 6.39. The first-order valence-corrected chi connectivity index (χ1v) is 9.23. The Bertz CT molecular complexity index is 1060. The summed E-state index contributed by atoms with van der Waals surface area (Å²) >= 11 is 1.70. The van der Waals surface area contributed by atoms with Crippen LogP contribution in [0.1, 0.15) is 16.0 Å². The summed E-state index contributed by atoms with van der Waals surface area (Å²) in [7, 11) is 0. The highest BCUT2D eigenvalue weighted by Crippen LogP contribution is 2.35. The summed E-state index contributed by atoms with van der Waals surface area (Å²) in [6.07, 6.45) is 0. The van der Waals surface area contributed by atoms with Gasteiger partial charge in [-0.25, -0.2) is 4.98 Å². The number of thiazole rings is 1. The lowest BCUT2D eigenvalue weighted by molar-refractivity contribution is 1.32. The zero-order valence-electron chi connectivity index (χ0n) is 14.6. The Morgan fingerprint density at radius 3 is 2.52 bits per heavy atom. The molecule has 0 amide bonds. The van der Waals surface area contributed by atoms with Gasteiger partial charge in [-0.1, -0.05) is 60.2 Å². The topological polar surface area (TPSA) is 24.9 Å². The fraction of sp³-hybridized carbons (Fsp3) is 0.136. The minimum atomic E-state index is 0.934. The highest BCUT2D eigenvalue weighted by molar-refractivity contribution is 7.16. The van der Waals surface area contributed by atoms with Crippen molar-refractivity contribution >= 4 is 32.9 Å². The van der Waals surface area contributed by atoms with Crippen molar-refractivity contribution in [1.82, 2.24) is 4.98 Å². The number of rotatable bonds is 3. The maximum absolute atomic E-state index is 4.88. The van der Waals surface area contributed by atoms with Gasteiger partial charge in [0.25, 0.3) is 0 Å². The van der Waals surface area contributed by atoms with E-state index in [0.29, 0.717) is 0 Å². The summed E-state index contributed by atoms with van der Waals surface area (Å²) in [5.74, 6) is 0. The van der Waals surface area contributed by atoms with Crippen LogP contribution in [-0.4, -0.2) is 4.98 Å². The van der Waals surface area contributed by atoms with Gasteiger partial charge in [-0.2, -0.15) is 0 Å². The number of anilines is 2. The van der Waals surface area contributed by atoms with E-state index in [0.717, 1.165) is 16.5 Å². The minimum absolute atomic E-state index is 0.934. The number of hydrogen-bond acceptors (Lipinski definition) is 3. The summed E-state index contributed by atoms with van der Waals surface area (Å²) in [5, 5.41) is 6.90. The Hall–Kier alpha value is -2.65. The highest BCUT2D eigenvalue weighted by Gasteiger charge is 2.13. The van der Waals surface area contributed by atoms with Crippen LogP contribution in [0.15, 0.2) is 60.7 Å². The van der Waals surface area contributed by atoms with Gasteiger partial charge in [-0.05, 0) is 37.8 Å². The summed E-state index contributed by atoms with van der Waals surface area (Å²) in [6, 6.07) is 21.3. The number of aryl methyl sites for hydroxylation is 3. The van der Waals surface area contributed by atoms with E-state index in [1.54, 1.807) is 11.3 Å². The Morgan fingerprint density at radius 1 is 0.880 bits per heavy atom. The molecule has 0 saturated carbocycles. The Labute approximate surface area is 152 Å². The summed E-state index contributed by atoms with van der Waals surface area (Å²) in [4.78, 5) is 6.11. The molecule has 1 N–H and O–H groups in total. The number of nitrogens with one attached hydrogen (secondary N) is 1. The first kappa shape index (κ1) is 15.9. The monoisotopic (exact) mass is 344 g/mol. The third-order valence-electron chi connectivity index (χ3n) is 4.46. The number of nitrogens with zero attached hydrogens (tertiary/aromatic N) is 1. The van der Waals surface area contributed by atoms with Crippen molar-refractivity contribution < 1.29 is 0 Å². The van der Waals surface area contributed by atoms with Gasteiger partial charge in [0.05, 0.1) is 5.69 Å². The molecular formula is C22H20N2S. The third kappa shape index (κ3) is 3.03. The first-order valence-electron chi connectivity index (χ1n) is 8.41. The van der Waals surface area contributed by atoms with Crippen LogP contribution in [0.4, 0.5) is 10.8 Å². The smallest absolute Gasteiger partial charge is 0.187 e. The fourth-order valence-corrected chi connectivity index (χ4v) is 4.07. The SMILES string of the molecule is Cc1ccc(-c2nc(Nc3cccc4ccccc34)sc2C)c(C)c1. The molecule has 3 aromatic carbocycles. The van der Waals surface area contributed by atoms with E-state index in [1.807, 2.05) is 0 Å². The number of aromatic nitrogens is 1. The van der Waals surface area contributed by atoms with Crippen molar-refractivity contribution in [2.24, 2.45) is 0 Å². The maximum Gasteiger partial charge on any atom is 0.187 e. The van der Waals surface area contributed by atoms with E-state index < -0.39 is 0 Å². The van der Waals surface area contributed by atoms with Crippen LogP contribution in [-0.2, 0) is 0 Å². The van der Waals surface area contributed by atoms with Gasteiger partial charge in [-0.3, -0.25) is 0 Å². The van der Waals surface area contributed by atoms with Crippen LogP contribution in [0.3, 0.4) is 0 Å². The first-order chi connectivity index (χ1) is 12.1. The van der Waals surface area contributed by atoms with Gasteiger partial charge < -0.3 is 5.32 Å². The largest absolute Gasteiger partial charge is 0.331 e. The predicted octanol–water partition coefficient (Wildman–Crippen LogP) is 6.63. The normalized spacial score (nSPS) is 11.0. The van der Waals surface area contributed by atoms with Crippen molar-refractivity contribution in [3.05, 3.63) is 76.7 Å². The van der Waals surface area contributed by atoms with Crippen LogP contribution in [0.5, 0.6) is 0 Å². The molecule has 4 rings (SSSR count). The van der Waals surface area contributed by atoms with E-state index in [1.165, 1.54) is 32.3 Å². The molecule has 25 heavy (non-hydrogen) atoms. The summed E-state index contributed by atoms with van der Waals surface area (Å²) in [5.41, 5.74) is 5.93. The number of benzene rings is 3. The van der Waals surface area contributed by atoms with E-state index in [2.05, 4.69) is 86.8 Å². The fourth-order valence-electron chi connectivity index (χ4n) is 3.23. The molecule has 0 unspecified atom stereocenters. The summed E-state index contributed by atoms with van der Waals surface area (Å²) < 4.78 is 0. The molecule has 0 saturated heterocycles. The van der Waals surface area contributed by atoms with E-state index in [-0.39, 0.29) is 0 Å². The molecule has 0 atom stereocenters. The molecule has 2 nitrogen and oxygen atoms in total. The van der Waals surface area contributed by atoms with Gasteiger partial charge >= 0.3 is 0 Å². The zero-order chi connectivity index (χ0) is 17.4. The molecule has 3 heteroatoms. The van der Waals surface area contributed by atoms with Crippen molar-refractivity contribution in [2.75, 3.05) is 5.32 Å². The molecule has 0 aliphatic heterocycles. The van der Waals surface area contributed by atoms with E-state index in [9.17, 15) is 0 Å². The Morgan fingerprint density at radius 2 is 1.68 bits per heavy atom. The van der Waals surface area contributed by atoms with Crippen molar-refractivity contribution in [3.8, 4) is 11.3 Å². The van der Waals surface area contributed by atoms with Gasteiger partial charge in [0, 0.05) is 21.5 Å². The molecule has 0 spiro atoms. The molecule has 0 bridgehead atoms. The average Bonchev–Trinajstić information content (AvgIpc) is 2.95. The Kier molecular flexibility index (Phi) is 4.02. The summed E-state index contributed by atoms with van der Waals surface area (Å²) in [6.45, 7) is 6.41. The molecule has 1 aromatic heterocycles. The lowest BCUT2D eigenvalue weighted by Gasteiger charge is -2.07. The quantitative estimate of drug-likeness (QED) is 0.451. The van der Waals surface area contributed by atoms with Crippen LogP contribution in [0.2, 0.25) is 0 Å². The lowest BCUT2D eigenvalue weighted by atomic mass is 10.0. The van der Waals surface area contributed by atoms with Gasteiger partial charge in [-0.15, -0.1) is 11.3 Å². The van der Waals surface area contributed by atoms with Gasteiger partial charge in [0.15, 0.2) is 5.13 Å². The van der Waals surface area contributed by atoms with Crippen molar-refractivity contribution in [2.45, 2.75) is 20.8 Å². The van der Waals surface area contributed by atoms with Gasteiger partial charge in [0.1, 0.15) is 0 Å². The van der Waals surface area contributed by atoms with Crippen LogP contribution in [0, 0.1) is 20.8 Å². The molecule has 0 radical (unpaired) electrons.